The van der Waals surface area contributed by atoms with Crippen molar-refractivity contribution >= 4 is 35.9 Å². The van der Waals surface area contributed by atoms with Crippen LogP contribution >= 0.6 is 15.9 Å². The lowest BCUT2D eigenvalue weighted by Crippen LogP contribution is -2.41. The summed E-state index contributed by atoms with van der Waals surface area (Å²) < 4.78 is 10.0. The molecule has 112 valence electrons. The van der Waals surface area contributed by atoms with Crippen molar-refractivity contribution < 1.29 is 19.1 Å². The van der Waals surface area contributed by atoms with Crippen LogP contribution in [0.3, 0.4) is 0 Å². The summed E-state index contributed by atoms with van der Waals surface area (Å²) in [5.74, 6) is 1.64. The predicted molar refractivity (Wildman–Crippen MR) is 84.9 cm³/mol. The molecule has 0 amide bonds. The number of hydrogen-bond donors (Lipinski definition) is 0. The number of carbonyl (C=O) groups is 2. The van der Waals surface area contributed by atoms with Crippen molar-refractivity contribution in [2.24, 2.45) is 5.41 Å². The van der Waals surface area contributed by atoms with Crippen molar-refractivity contribution in [2.75, 3.05) is 14.2 Å². The van der Waals surface area contributed by atoms with Crippen LogP contribution in [0.2, 0.25) is 19.6 Å². The van der Waals surface area contributed by atoms with Gasteiger partial charge in [0.2, 0.25) is 0 Å². The highest BCUT2D eigenvalue weighted by Crippen LogP contribution is 2.34. The van der Waals surface area contributed by atoms with Gasteiger partial charge in [-0.05, 0) is 4.48 Å². The molecule has 0 radical (unpaired) electrons. The van der Waals surface area contributed by atoms with E-state index in [9.17, 15) is 9.59 Å². The van der Waals surface area contributed by atoms with Crippen molar-refractivity contribution in [3.63, 3.8) is 0 Å². The predicted octanol–water partition coefficient (Wildman–Crippen LogP) is 2.89. The fourth-order valence-corrected chi connectivity index (χ4v) is 2.71. The number of allylic oxidation sites excluding steroid dienone is 1. The van der Waals surface area contributed by atoms with Crippen LogP contribution in [0, 0.1) is 16.9 Å². The Morgan fingerprint density at radius 1 is 1.20 bits per heavy atom. The van der Waals surface area contributed by atoms with Crippen molar-refractivity contribution in [1.29, 1.82) is 0 Å². The van der Waals surface area contributed by atoms with Gasteiger partial charge in [0, 0.05) is 12.8 Å². The molecule has 4 nitrogen and oxygen atoms in total. The normalized spacial score (nSPS) is 11.1. The molecule has 0 aliphatic heterocycles. The number of rotatable bonds is 5. The van der Waals surface area contributed by atoms with Crippen LogP contribution in [-0.2, 0) is 19.1 Å². The molecule has 0 unspecified atom stereocenters. The molecule has 0 aromatic carbocycles. The highest BCUT2D eigenvalue weighted by atomic mass is 79.9. The molecule has 0 aliphatic carbocycles. The number of esters is 2. The van der Waals surface area contributed by atoms with Gasteiger partial charge in [0.25, 0.3) is 0 Å². The second-order valence-corrected chi connectivity index (χ2v) is 11.4. The second kappa shape index (κ2) is 7.65. The molecule has 0 saturated carbocycles. The molecule has 0 fully saturated rings. The Hall–Kier alpha value is -1.06. The molecule has 0 spiro atoms. The zero-order chi connectivity index (χ0) is 16.0. The summed E-state index contributed by atoms with van der Waals surface area (Å²) in [6, 6.07) is 0. The first-order valence-electron chi connectivity index (χ1n) is 6.09. The van der Waals surface area contributed by atoms with Gasteiger partial charge < -0.3 is 9.47 Å². The van der Waals surface area contributed by atoms with E-state index in [1.54, 1.807) is 0 Å². The lowest BCUT2D eigenvalue weighted by Gasteiger charge is -2.26. The molecular formula is C14H21BrO4Si. The van der Waals surface area contributed by atoms with E-state index in [0.717, 1.165) is 0 Å². The van der Waals surface area contributed by atoms with Gasteiger partial charge in [0.1, 0.15) is 8.07 Å². The molecule has 0 saturated heterocycles. The van der Waals surface area contributed by atoms with Crippen LogP contribution in [0.5, 0.6) is 0 Å². The zero-order valence-electron chi connectivity index (χ0n) is 12.6. The maximum atomic E-state index is 12.1. The molecule has 0 atom stereocenters. The van der Waals surface area contributed by atoms with Gasteiger partial charge in [-0.25, -0.2) is 0 Å². The van der Waals surface area contributed by atoms with Gasteiger partial charge in [-0.1, -0.05) is 42.1 Å². The molecule has 0 bridgehead atoms. The van der Waals surface area contributed by atoms with Crippen LogP contribution in [0.1, 0.15) is 12.8 Å². The summed E-state index contributed by atoms with van der Waals surface area (Å²) in [4.78, 5) is 24.2. The van der Waals surface area contributed by atoms with Crippen molar-refractivity contribution in [1.82, 2.24) is 0 Å². The number of halogens is 1. The van der Waals surface area contributed by atoms with Gasteiger partial charge in [-0.2, -0.15) is 0 Å². The van der Waals surface area contributed by atoms with E-state index >= 15 is 0 Å². The quantitative estimate of drug-likeness (QED) is 0.327. The summed E-state index contributed by atoms with van der Waals surface area (Å²) in [5.41, 5.74) is 1.68. The second-order valence-electron chi connectivity index (χ2n) is 5.49. The third-order valence-electron chi connectivity index (χ3n) is 2.50. The summed E-state index contributed by atoms with van der Waals surface area (Å²) in [5, 5.41) is 0. The minimum Gasteiger partial charge on any atom is -0.468 e. The van der Waals surface area contributed by atoms with E-state index in [2.05, 4.69) is 53.6 Å². The number of hydrogen-bond acceptors (Lipinski definition) is 4. The molecular weight excluding hydrogens is 340 g/mol. The maximum Gasteiger partial charge on any atom is 0.324 e. The first kappa shape index (κ1) is 18.9. The van der Waals surface area contributed by atoms with Crippen molar-refractivity contribution in [2.45, 2.75) is 32.5 Å². The lowest BCUT2D eigenvalue weighted by molar-refractivity contribution is -0.168. The average Bonchev–Trinajstić information content (AvgIpc) is 2.33. The minimum absolute atomic E-state index is 0.0568. The standard InChI is InChI=1S/C14H21BrO4Si/c1-11(15)10-14(12(16)18-2,13(17)19-3)8-7-9-20(4,5)6/h1,8,10H2,2-6H3. The Morgan fingerprint density at radius 3 is 1.95 bits per heavy atom. The Balaban J connectivity index is 5.60. The smallest absolute Gasteiger partial charge is 0.324 e. The Bertz CT molecular complexity index is 438. The average molecular weight is 361 g/mol. The van der Waals surface area contributed by atoms with Gasteiger partial charge in [0.15, 0.2) is 5.41 Å². The maximum absolute atomic E-state index is 12.1. The number of methoxy groups -OCH3 is 2. The number of carbonyl (C=O) groups excluding carboxylic acids is 2. The van der Waals surface area contributed by atoms with Gasteiger partial charge in [-0.15, -0.1) is 11.5 Å². The SMILES string of the molecule is C=C(Br)CC(CC#C[Si](C)(C)C)(C(=O)OC)C(=O)OC. The largest absolute Gasteiger partial charge is 0.468 e. The molecule has 20 heavy (non-hydrogen) atoms. The van der Waals surface area contributed by atoms with E-state index in [-0.39, 0.29) is 12.8 Å². The Labute approximate surface area is 130 Å². The molecule has 0 aliphatic rings. The fourth-order valence-electron chi connectivity index (χ4n) is 1.61. The summed E-state index contributed by atoms with van der Waals surface area (Å²) in [6.45, 7) is 9.95. The number of ether oxygens (including phenoxy) is 2. The minimum atomic E-state index is -1.59. The third-order valence-corrected chi connectivity index (χ3v) is 3.71. The van der Waals surface area contributed by atoms with Gasteiger partial charge >= 0.3 is 11.9 Å². The molecule has 0 heterocycles. The van der Waals surface area contributed by atoms with Crippen molar-refractivity contribution in [3.05, 3.63) is 11.1 Å². The van der Waals surface area contributed by atoms with Gasteiger partial charge in [0.05, 0.1) is 14.2 Å². The van der Waals surface area contributed by atoms with Crippen LogP contribution < -0.4 is 0 Å². The highest BCUT2D eigenvalue weighted by Gasteiger charge is 2.48. The topological polar surface area (TPSA) is 52.6 Å². The Morgan fingerprint density at radius 2 is 1.65 bits per heavy atom. The van der Waals surface area contributed by atoms with E-state index in [1.165, 1.54) is 14.2 Å². The fraction of sp³-hybridized carbons (Fsp3) is 0.571. The van der Waals surface area contributed by atoms with Crippen molar-refractivity contribution in [3.8, 4) is 11.5 Å². The molecule has 0 rings (SSSR count). The van der Waals surface area contributed by atoms with E-state index in [0.29, 0.717) is 4.48 Å². The molecule has 0 N–H and O–H groups in total. The highest BCUT2D eigenvalue weighted by molar-refractivity contribution is 9.11. The van der Waals surface area contributed by atoms with E-state index in [4.69, 9.17) is 9.47 Å². The summed E-state index contributed by atoms with van der Waals surface area (Å²) in [6.07, 6.45) is 0.147. The lowest BCUT2D eigenvalue weighted by atomic mass is 9.81. The van der Waals surface area contributed by atoms with E-state index < -0.39 is 25.4 Å². The molecule has 0 aromatic rings. The zero-order valence-corrected chi connectivity index (χ0v) is 15.2. The van der Waals surface area contributed by atoms with Gasteiger partial charge in [-0.3, -0.25) is 9.59 Å². The summed E-state index contributed by atoms with van der Waals surface area (Å²) in [7, 11) is 0.892. The van der Waals surface area contributed by atoms with Crippen LogP contribution in [0.25, 0.3) is 0 Å². The van der Waals surface area contributed by atoms with Crippen LogP contribution in [0.15, 0.2) is 11.1 Å². The van der Waals surface area contributed by atoms with E-state index in [1.807, 2.05) is 0 Å². The van der Waals surface area contributed by atoms with Crippen LogP contribution in [0.4, 0.5) is 0 Å². The first-order chi connectivity index (χ1) is 9.09. The molecule has 0 aromatic heterocycles. The third kappa shape index (κ3) is 5.51. The van der Waals surface area contributed by atoms with Crippen LogP contribution in [-0.4, -0.2) is 34.2 Å². The molecule has 6 heteroatoms. The first-order valence-corrected chi connectivity index (χ1v) is 10.4. The monoisotopic (exact) mass is 360 g/mol. The Kier molecular flexibility index (Phi) is 7.24. The summed E-state index contributed by atoms with van der Waals surface area (Å²) >= 11 is 3.19.